The van der Waals surface area contributed by atoms with Crippen LogP contribution in [0.4, 0.5) is 18.9 Å². The van der Waals surface area contributed by atoms with Gasteiger partial charge in [-0.1, -0.05) is 26.7 Å². The lowest BCUT2D eigenvalue weighted by atomic mass is 9.62. The lowest BCUT2D eigenvalue weighted by Crippen LogP contribution is -2.50. The van der Waals surface area contributed by atoms with Crippen molar-refractivity contribution >= 4 is 11.7 Å². The third kappa shape index (κ3) is 4.68. The van der Waals surface area contributed by atoms with E-state index in [0.717, 1.165) is 0 Å². The summed E-state index contributed by atoms with van der Waals surface area (Å²) >= 11 is 0. The van der Waals surface area contributed by atoms with Gasteiger partial charge in [-0.15, -0.1) is 0 Å². The van der Waals surface area contributed by atoms with Gasteiger partial charge in [-0.05, 0) is 48.4 Å². The summed E-state index contributed by atoms with van der Waals surface area (Å²) < 4.78 is 40.5. The van der Waals surface area contributed by atoms with Gasteiger partial charge in [-0.25, -0.2) is 4.79 Å². The van der Waals surface area contributed by atoms with E-state index in [1.54, 1.807) is 45.0 Å². The Morgan fingerprint density at radius 3 is 2.40 bits per heavy atom. The van der Waals surface area contributed by atoms with Crippen molar-refractivity contribution in [2.24, 2.45) is 17.3 Å². The molecule has 0 bridgehead atoms. The van der Waals surface area contributed by atoms with Crippen molar-refractivity contribution in [3.8, 4) is 11.8 Å². The summed E-state index contributed by atoms with van der Waals surface area (Å²) in [7, 11) is 0. The van der Waals surface area contributed by atoms with Gasteiger partial charge in [-0.3, -0.25) is 0 Å². The van der Waals surface area contributed by atoms with Gasteiger partial charge in [-0.2, -0.15) is 13.2 Å². The molecule has 0 heterocycles. The van der Waals surface area contributed by atoms with Gasteiger partial charge in [0.05, 0.1) is 5.92 Å². The van der Waals surface area contributed by atoms with E-state index in [1.165, 1.54) is 0 Å². The van der Waals surface area contributed by atoms with Gasteiger partial charge < -0.3 is 10.4 Å². The number of benzene rings is 1. The Kier molecular flexibility index (Phi) is 5.36. The molecule has 3 nitrogen and oxygen atoms in total. The molecule has 1 aliphatic carbocycles. The van der Waals surface area contributed by atoms with Gasteiger partial charge in [0, 0.05) is 23.2 Å². The fourth-order valence-electron chi connectivity index (χ4n) is 3.82. The SMILES string of the molecule is CC1C(Nc2ccc(C#CC(=O)O)cc2)CCC(C)(C)C1C(F)(F)F. The molecule has 1 aromatic rings. The molecule has 136 valence electrons. The molecule has 2 rings (SSSR count). The molecule has 0 radical (unpaired) electrons. The zero-order valence-corrected chi connectivity index (χ0v) is 14.4. The topological polar surface area (TPSA) is 49.3 Å². The normalized spacial score (nSPS) is 25.6. The third-order valence-corrected chi connectivity index (χ3v) is 5.01. The zero-order chi connectivity index (χ0) is 18.8. The molecule has 1 saturated carbocycles. The first-order chi connectivity index (χ1) is 11.5. The smallest absolute Gasteiger partial charge is 0.392 e. The maximum atomic E-state index is 13.5. The number of carboxylic acids is 1. The van der Waals surface area contributed by atoms with E-state index in [4.69, 9.17) is 5.11 Å². The standard InChI is InChI=1S/C19H22F3NO2/c1-12-15(10-11-18(2,3)17(12)19(20,21)22)23-14-7-4-13(5-8-14)6-9-16(24)25/h4-5,7-8,12,15,17,23H,10-11H2,1-3H3,(H,24,25). The lowest BCUT2D eigenvalue weighted by molar-refractivity contribution is -0.227. The van der Waals surface area contributed by atoms with Crippen LogP contribution in [0.15, 0.2) is 24.3 Å². The largest absolute Gasteiger partial charge is 0.472 e. The van der Waals surface area contributed by atoms with Gasteiger partial charge in [0.2, 0.25) is 0 Å². The number of hydrogen-bond donors (Lipinski definition) is 2. The van der Waals surface area contributed by atoms with Crippen LogP contribution in [0.25, 0.3) is 0 Å². The van der Waals surface area contributed by atoms with Crippen molar-refractivity contribution in [2.75, 3.05) is 5.32 Å². The van der Waals surface area contributed by atoms with Crippen molar-refractivity contribution in [1.82, 2.24) is 0 Å². The Hall–Kier alpha value is -2.16. The summed E-state index contributed by atoms with van der Waals surface area (Å²) in [5.41, 5.74) is 0.476. The van der Waals surface area contributed by atoms with Crippen molar-refractivity contribution in [3.63, 3.8) is 0 Å². The highest BCUT2D eigenvalue weighted by atomic mass is 19.4. The Bertz CT molecular complexity index is 683. The molecule has 1 fully saturated rings. The van der Waals surface area contributed by atoms with Crippen LogP contribution >= 0.6 is 0 Å². The fourth-order valence-corrected chi connectivity index (χ4v) is 3.82. The van der Waals surface area contributed by atoms with Gasteiger partial charge in [0.1, 0.15) is 0 Å². The Labute approximate surface area is 145 Å². The maximum absolute atomic E-state index is 13.5. The molecule has 2 N–H and O–H groups in total. The van der Waals surface area contributed by atoms with Crippen molar-refractivity contribution in [1.29, 1.82) is 0 Å². The molecule has 25 heavy (non-hydrogen) atoms. The maximum Gasteiger partial charge on any atom is 0.392 e. The summed E-state index contributed by atoms with van der Waals surface area (Å²) in [4.78, 5) is 10.4. The monoisotopic (exact) mass is 353 g/mol. The highest BCUT2D eigenvalue weighted by Gasteiger charge is 2.55. The minimum atomic E-state index is -4.22. The van der Waals surface area contributed by atoms with Crippen molar-refractivity contribution in [3.05, 3.63) is 29.8 Å². The van der Waals surface area contributed by atoms with Crippen LogP contribution in [0.5, 0.6) is 0 Å². The van der Waals surface area contributed by atoms with E-state index in [1.807, 2.05) is 5.92 Å². The number of halogens is 3. The van der Waals surface area contributed by atoms with Crippen molar-refractivity contribution < 1.29 is 23.1 Å². The van der Waals surface area contributed by atoms with Crippen LogP contribution in [-0.2, 0) is 4.79 Å². The number of alkyl halides is 3. The van der Waals surface area contributed by atoms with Crippen LogP contribution < -0.4 is 5.32 Å². The molecular formula is C19H22F3NO2. The van der Waals surface area contributed by atoms with E-state index in [9.17, 15) is 18.0 Å². The molecule has 0 aliphatic heterocycles. The first kappa shape index (κ1) is 19.2. The van der Waals surface area contributed by atoms with Crippen LogP contribution in [0.3, 0.4) is 0 Å². The summed E-state index contributed by atoms with van der Waals surface area (Å²) in [6.45, 7) is 5.03. The van der Waals surface area contributed by atoms with Gasteiger partial charge in [0.15, 0.2) is 0 Å². The lowest BCUT2D eigenvalue weighted by Gasteiger charge is -2.47. The number of aliphatic carboxylic acids is 1. The molecule has 0 spiro atoms. The number of hydrogen-bond acceptors (Lipinski definition) is 2. The summed E-state index contributed by atoms with van der Waals surface area (Å²) in [6, 6.07) is 6.45. The van der Waals surface area contributed by atoms with E-state index >= 15 is 0 Å². The average molecular weight is 353 g/mol. The minimum absolute atomic E-state index is 0.268. The highest BCUT2D eigenvalue weighted by Crippen LogP contribution is 2.52. The van der Waals surface area contributed by atoms with E-state index < -0.39 is 29.4 Å². The molecule has 3 unspecified atom stereocenters. The third-order valence-electron chi connectivity index (χ3n) is 5.01. The Morgan fingerprint density at radius 1 is 1.28 bits per heavy atom. The number of anilines is 1. The quantitative estimate of drug-likeness (QED) is 0.768. The highest BCUT2D eigenvalue weighted by molar-refractivity contribution is 5.87. The van der Waals surface area contributed by atoms with E-state index in [2.05, 4.69) is 11.2 Å². The molecule has 3 atom stereocenters. The zero-order valence-electron chi connectivity index (χ0n) is 14.4. The van der Waals surface area contributed by atoms with Gasteiger partial charge in [0.25, 0.3) is 0 Å². The second-order valence-electron chi connectivity index (χ2n) is 7.29. The number of nitrogens with one attached hydrogen (secondary N) is 1. The van der Waals surface area contributed by atoms with Crippen LogP contribution in [-0.4, -0.2) is 23.3 Å². The fraction of sp³-hybridized carbons (Fsp3) is 0.526. The van der Waals surface area contributed by atoms with Crippen LogP contribution in [0.1, 0.15) is 39.2 Å². The Balaban J connectivity index is 2.13. The predicted octanol–water partition coefficient (Wildman–Crippen LogP) is 4.54. The van der Waals surface area contributed by atoms with E-state index in [0.29, 0.717) is 24.1 Å². The molecule has 0 aromatic heterocycles. The van der Waals surface area contributed by atoms with Gasteiger partial charge >= 0.3 is 12.1 Å². The van der Waals surface area contributed by atoms with Crippen LogP contribution in [0, 0.1) is 29.1 Å². The summed E-state index contributed by atoms with van der Waals surface area (Å²) in [5.74, 6) is 1.41. The first-order valence-electron chi connectivity index (χ1n) is 8.19. The predicted molar refractivity (Wildman–Crippen MR) is 90.1 cm³/mol. The molecule has 1 aromatic carbocycles. The number of carbonyl (C=O) groups is 1. The average Bonchev–Trinajstić information content (AvgIpc) is 2.47. The molecule has 6 heteroatoms. The molecular weight excluding hydrogens is 331 g/mol. The minimum Gasteiger partial charge on any atom is -0.472 e. The first-order valence-corrected chi connectivity index (χ1v) is 8.19. The van der Waals surface area contributed by atoms with E-state index in [-0.39, 0.29) is 6.04 Å². The van der Waals surface area contributed by atoms with Crippen LogP contribution in [0.2, 0.25) is 0 Å². The number of carboxylic acid groups (broad SMARTS) is 1. The summed E-state index contributed by atoms with van der Waals surface area (Å²) in [5, 5.41) is 11.7. The molecule has 0 amide bonds. The molecule has 0 saturated heterocycles. The number of rotatable bonds is 2. The Morgan fingerprint density at radius 2 is 1.88 bits per heavy atom. The second-order valence-corrected chi connectivity index (χ2v) is 7.29. The molecule has 1 aliphatic rings. The second kappa shape index (κ2) is 6.99. The van der Waals surface area contributed by atoms with Crippen molar-refractivity contribution in [2.45, 2.75) is 45.8 Å². The summed E-state index contributed by atoms with van der Waals surface area (Å²) in [6.07, 6.45) is -3.05.